The number of hydrogen-bond donors (Lipinski definition) is 3. The number of alkyl halides is 3. The lowest BCUT2D eigenvalue weighted by Crippen LogP contribution is -2.51. The van der Waals surface area contributed by atoms with Gasteiger partial charge in [0.25, 0.3) is 0 Å². The van der Waals surface area contributed by atoms with Gasteiger partial charge < -0.3 is 26.0 Å². The van der Waals surface area contributed by atoms with Gasteiger partial charge in [-0.05, 0) is 42.3 Å². The maximum atomic E-state index is 13.3. The van der Waals surface area contributed by atoms with Crippen LogP contribution in [0.2, 0.25) is 5.02 Å². The highest BCUT2D eigenvalue weighted by molar-refractivity contribution is 7.08. The largest absolute Gasteiger partial charge is 0.481 e. The number of carboxylic acids is 1. The minimum atomic E-state index is -4.75. The Balaban J connectivity index is 1.37. The minimum absolute atomic E-state index is 0.0318. The van der Waals surface area contributed by atoms with Gasteiger partial charge in [0.15, 0.2) is 0 Å². The first-order chi connectivity index (χ1) is 16.9. The molecule has 194 valence electrons. The first-order valence-electron chi connectivity index (χ1n) is 11.2. The summed E-state index contributed by atoms with van der Waals surface area (Å²) >= 11 is 7.36. The summed E-state index contributed by atoms with van der Waals surface area (Å²) in [5.74, 6) is -2.93. The summed E-state index contributed by atoms with van der Waals surface area (Å²) in [6.45, 7) is 1.19. The summed E-state index contributed by atoms with van der Waals surface area (Å²) < 4.78 is 39.8. The molecule has 2 aromatic rings. The Morgan fingerprint density at radius 3 is 2.58 bits per heavy atom. The first kappa shape index (κ1) is 26.1. The number of thiophene rings is 1. The van der Waals surface area contributed by atoms with Gasteiger partial charge in [0.2, 0.25) is 5.91 Å². The molecule has 3 heterocycles. The first-order valence-corrected chi connectivity index (χ1v) is 12.5. The zero-order chi connectivity index (χ0) is 26.2. The number of nitrogens with zero attached hydrogens (tertiary/aromatic N) is 2. The highest BCUT2D eigenvalue weighted by Gasteiger charge is 2.36. The van der Waals surface area contributed by atoms with E-state index in [1.54, 1.807) is 9.80 Å². The zero-order valence-corrected chi connectivity index (χ0v) is 20.6. The van der Waals surface area contributed by atoms with Crippen molar-refractivity contribution in [3.05, 3.63) is 44.6 Å². The summed E-state index contributed by atoms with van der Waals surface area (Å²) in [6.07, 6.45) is -4.35. The number of rotatable bonds is 6. The fourth-order valence-corrected chi connectivity index (χ4v) is 5.64. The van der Waals surface area contributed by atoms with E-state index in [1.807, 2.05) is 10.8 Å². The number of carboxylic acid groups (broad SMARTS) is 1. The third-order valence-electron chi connectivity index (χ3n) is 6.59. The number of halogens is 4. The van der Waals surface area contributed by atoms with Crippen LogP contribution in [0, 0.1) is 5.92 Å². The summed E-state index contributed by atoms with van der Waals surface area (Å²) in [7, 11) is 0. The number of nitrogens with one attached hydrogen (secondary N) is 1. The molecule has 4 N–H and O–H groups in total. The van der Waals surface area contributed by atoms with Crippen LogP contribution < -0.4 is 11.1 Å². The SMILES string of the molecule is Nc1c(Cl)cc(C[C@@H](CC(=O)N2CCC(N3Cc4cscc4NC3=O)CC2)C(=O)O)cc1C(F)(F)F. The molecule has 1 saturated heterocycles. The molecule has 0 saturated carbocycles. The quantitative estimate of drug-likeness (QED) is 0.457. The van der Waals surface area contributed by atoms with Gasteiger partial charge in [0, 0.05) is 36.5 Å². The Hall–Kier alpha value is -2.99. The topological polar surface area (TPSA) is 116 Å². The van der Waals surface area contributed by atoms with E-state index in [4.69, 9.17) is 17.3 Å². The number of nitrogen functional groups attached to an aromatic ring is 1. The zero-order valence-electron chi connectivity index (χ0n) is 19.0. The van der Waals surface area contributed by atoms with Crippen molar-refractivity contribution in [2.75, 3.05) is 24.1 Å². The van der Waals surface area contributed by atoms with E-state index in [9.17, 15) is 32.7 Å². The van der Waals surface area contributed by atoms with E-state index in [0.717, 1.165) is 17.3 Å². The Bertz CT molecular complexity index is 1180. The van der Waals surface area contributed by atoms with Crippen molar-refractivity contribution in [2.24, 2.45) is 5.92 Å². The molecular formula is C23H24ClF3N4O4S. The van der Waals surface area contributed by atoms with Gasteiger partial charge in [-0.25, -0.2) is 4.79 Å². The lowest BCUT2D eigenvalue weighted by Gasteiger charge is -2.40. The van der Waals surface area contributed by atoms with Crippen LogP contribution in [0.1, 0.15) is 36.0 Å². The predicted octanol–water partition coefficient (Wildman–Crippen LogP) is 4.67. The number of carbonyl (C=O) groups is 3. The van der Waals surface area contributed by atoms with Crippen LogP contribution in [0.5, 0.6) is 0 Å². The molecule has 0 unspecified atom stereocenters. The van der Waals surface area contributed by atoms with Crippen molar-refractivity contribution in [2.45, 2.75) is 44.4 Å². The molecule has 8 nitrogen and oxygen atoms in total. The third kappa shape index (κ3) is 5.54. The molecule has 1 aromatic heterocycles. The smallest absolute Gasteiger partial charge is 0.418 e. The second-order valence-electron chi connectivity index (χ2n) is 8.96. The summed E-state index contributed by atoms with van der Waals surface area (Å²) in [4.78, 5) is 40.5. The normalized spacial score (nSPS) is 17.5. The van der Waals surface area contributed by atoms with Gasteiger partial charge in [0.05, 0.1) is 34.4 Å². The van der Waals surface area contributed by atoms with Crippen LogP contribution in [0.15, 0.2) is 22.9 Å². The van der Waals surface area contributed by atoms with E-state index in [1.165, 1.54) is 17.4 Å². The Morgan fingerprint density at radius 1 is 1.25 bits per heavy atom. The van der Waals surface area contributed by atoms with E-state index >= 15 is 0 Å². The number of amides is 3. The number of nitrogens with two attached hydrogens (primary N) is 1. The average molecular weight is 545 g/mol. The van der Waals surface area contributed by atoms with Crippen LogP contribution in [0.4, 0.5) is 29.3 Å². The number of aliphatic carboxylic acids is 1. The molecule has 36 heavy (non-hydrogen) atoms. The number of carbonyl (C=O) groups excluding carboxylic acids is 2. The average Bonchev–Trinajstić information content (AvgIpc) is 3.26. The van der Waals surface area contributed by atoms with E-state index in [2.05, 4.69) is 5.32 Å². The molecule has 0 spiro atoms. The third-order valence-corrected chi connectivity index (χ3v) is 7.70. The molecule has 4 rings (SSSR count). The van der Waals surface area contributed by atoms with Crippen molar-refractivity contribution in [1.82, 2.24) is 9.80 Å². The Kier molecular flexibility index (Phi) is 7.37. The lowest BCUT2D eigenvalue weighted by atomic mass is 9.93. The summed E-state index contributed by atoms with van der Waals surface area (Å²) in [6, 6.07) is 1.73. The van der Waals surface area contributed by atoms with Crippen molar-refractivity contribution >= 4 is 52.2 Å². The number of benzene rings is 1. The fourth-order valence-electron chi connectivity index (χ4n) is 4.62. The monoisotopic (exact) mass is 544 g/mol. The molecular weight excluding hydrogens is 521 g/mol. The van der Waals surface area contributed by atoms with E-state index < -0.39 is 35.2 Å². The highest BCUT2D eigenvalue weighted by atomic mass is 35.5. The molecule has 0 aliphatic carbocycles. The van der Waals surface area contributed by atoms with Crippen molar-refractivity contribution in [3.8, 4) is 0 Å². The number of anilines is 2. The summed E-state index contributed by atoms with van der Waals surface area (Å²) in [5, 5.41) is 16.0. The maximum Gasteiger partial charge on any atom is 0.418 e. The number of fused-ring (bicyclic) bond motifs is 1. The standard InChI is InChI=1S/C23H24ClF3N4O4S/c24-17-7-12(6-16(20(17)28)23(25,26)27)5-13(21(33)34)8-19(32)30-3-1-15(2-4-30)31-9-14-10-36-11-18(14)29-22(31)35/h6-7,10-11,13,15H,1-5,8-9,28H2,(H,29,35)(H,33,34)/t13-/m0/s1. The van der Waals surface area contributed by atoms with Crippen LogP contribution in [0.25, 0.3) is 0 Å². The predicted molar refractivity (Wildman–Crippen MR) is 129 cm³/mol. The number of hydrogen-bond acceptors (Lipinski definition) is 5. The van der Waals surface area contributed by atoms with E-state index in [-0.39, 0.29) is 35.5 Å². The second-order valence-corrected chi connectivity index (χ2v) is 10.1. The molecule has 2 aliphatic rings. The van der Waals surface area contributed by atoms with Crippen LogP contribution in [-0.4, -0.2) is 51.9 Å². The van der Waals surface area contributed by atoms with Gasteiger partial charge >= 0.3 is 18.2 Å². The van der Waals surface area contributed by atoms with Crippen LogP contribution in [-0.2, 0) is 28.7 Å². The van der Waals surface area contributed by atoms with E-state index in [0.29, 0.717) is 32.5 Å². The van der Waals surface area contributed by atoms with Crippen molar-refractivity contribution < 1.29 is 32.7 Å². The Labute approximate surface area is 213 Å². The molecule has 2 aliphatic heterocycles. The van der Waals surface area contributed by atoms with Gasteiger partial charge in [-0.15, -0.1) is 11.3 Å². The second kappa shape index (κ2) is 10.2. The van der Waals surface area contributed by atoms with Crippen molar-refractivity contribution in [1.29, 1.82) is 0 Å². The van der Waals surface area contributed by atoms with Crippen LogP contribution >= 0.6 is 22.9 Å². The summed E-state index contributed by atoms with van der Waals surface area (Å²) in [5.41, 5.74) is 5.56. The van der Waals surface area contributed by atoms with Gasteiger partial charge in [0.1, 0.15) is 0 Å². The highest BCUT2D eigenvalue weighted by Crippen LogP contribution is 2.38. The molecule has 1 atom stereocenters. The number of likely N-dealkylation sites (tertiary alicyclic amines) is 1. The maximum absolute atomic E-state index is 13.3. The van der Waals surface area contributed by atoms with Gasteiger partial charge in [-0.2, -0.15) is 13.2 Å². The van der Waals surface area contributed by atoms with Gasteiger partial charge in [-0.3, -0.25) is 9.59 Å². The molecule has 1 fully saturated rings. The van der Waals surface area contributed by atoms with Crippen molar-refractivity contribution in [3.63, 3.8) is 0 Å². The lowest BCUT2D eigenvalue weighted by molar-refractivity contribution is -0.146. The Morgan fingerprint density at radius 2 is 1.94 bits per heavy atom. The van der Waals surface area contributed by atoms with Crippen LogP contribution in [0.3, 0.4) is 0 Å². The molecule has 0 radical (unpaired) electrons. The minimum Gasteiger partial charge on any atom is -0.481 e. The number of urea groups is 1. The number of piperidine rings is 1. The molecule has 1 aromatic carbocycles. The molecule has 3 amide bonds. The molecule has 13 heteroatoms. The molecule has 0 bridgehead atoms. The fraction of sp³-hybridized carbons (Fsp3) is 0.435. The van der Waals surface area contributed by atoms with Gasteiger partial charge in [-0.1, -0.05) is 11.6 Å².